The monoisotopic (exact) mass is 293 g/mol. The number of hydrogen-bond donors (Lipinski definition) is 1. The molecule has 0 amide bonds. The summed E-state index contributed by atoms with van der Waals surface area (Å²) in [5.41, 5.74) is 2.18. The highest BCUT2D eigenvalue weighted by molar-refractivity contribution is 6.31. The van der Waals surface area contributed by atoms with Gasteiger partial charge in [-0.3, -0.25) is 0 Å². The predicted octanol–water partition coefficient (Wildman–Crippen LogP) is 4.20. The minimum absolute atomic E-state index is 0.395. The summed E-state index contributed by atoms with van der Waals surface area (Å²) in [5, 5.41) is 4.22. The van der Waals surface area contributed by atoms with E-state index in [-0.39, 0.29) is 0 Å². The number of halogens is 1. The molecule has 0 saturated carbocycles. The van der Waals surface area contributed by atoms with E-state index in [0.29, 0.717) is 12.1 Å². The van der Waals surface area contributed by atoms with E-state index in [4.69, 9.17) is 16.6 Å². The molecule has 0 bridgehead atoms. The second kappa shape index (κ2) is 6.59. The molecular formula is C16H24ClN3. The zero-order valence-corrected chi connectivity index (χ0v) is 13.5. The molecule has 110 valence electrons. The van der Waals surface area contributed by atoms with Gasteiger partial charge in [-0.15, -0.1) is 0 Å². The summed E-state index contributed by atoms with van der Waals surface area (Å²) in [7, 11) is 0. The molecule has 1 aromatic carbocycles. The van der Waals surface area contributed by atoms with Gasteiger partial charge >= 0.3 is 0 Å². The number of benzene rings is 1. The first kappa shape index (κ1) is 15.3. The van der Waals surface area contributed by atoms with Crippen molar-refractivity contribution in [2.24, 2.45) is 0 Å². The number of aromatic nitrogens is 2. The standard InChI is InChI=1S/C16H24ClN3/c1-11(2)18-9-5-6-16-19-14-8-7-13(17)10-15(14)20(16)12(3)4/h7-8,10-12,18H,5-6,9H2,1-4H3. The lowest BCUT2D eigenvalue weighted by Gasteiger charge is -2.13. The Bertz CT molecular complexity index is 572. The smallest absolute Gasteiger partial charge is 0.110 e. The van der Waals surface area contributed by atoms with Crippen molar-refractivity contribution < 1.29 is 0 Å². The Morgan fingerprint density at radius 1 is 1.25 bits per heavy atom. The summed E-state index contributed by atoms with van der Waals surface area (Å²) in [4.78, 5) is 4.77. The predicted molar refractivity (Wildman–Crippen MR) is 86.6 cm³/mol. The summed E-state index contributed by atoms with van der Waals surface area (Å²) in [5.74, 6) is 1.16. The van der Waals surface area contributed by atoms with E-state index in [0.717, 1.165) is 41.3 Å². The molecule has 0 aliphatic carbocycles. The van der Waals surface area contributed by atoms with Crippen LogP contribution < -0.4 is 5.32 Å². The minimum Gasteiger partial charge on any atom is -0.325 e. The van der Waals surface area contributed by atoms with Crippen LogP contribution in [0.2, 0.25) is 5.02 Å². The van der Waals surface area contributed by atoms with E-state index < -0.39 is 0 Å². The third-order valence-electron chi connectivity index (χ3n) is 3.37. The summed E-state index contributed by atoms with van der Waals surface area (Å²) < 4.78 is 2.30. The highest BCUT2D eigenvalue weighted by atomic mass is 35.5. The van der Waals surface area contributed by atoms with Crippen LogP contribution in [0.3, 0.4) is 0 Å². The van der Waals surface area contributed by atoms with Crippen LogP contribution in [0.1, 0.15) is 46.0 Å². The maximum atomic E-state index is 6.12. The quantitative estimate of drug-likeness (QED) is 0.809. The highest BCUT2D eigenvalue weighted by Gasteiger charge is 2.13. The summed E-state index contributed by atoms with van der Waals surface area (Å²) >= 11 is 6.12. The second-order valence-electron chi connectivity index (χ2n) is 5.84. The topological polar surface area (TPSA) is 29.9 Å². The number of hydrogen-bond acceptors (Lipinski definition) is 2. The molecule has 1 aromatic heterocycles. The van der Waals surface area contributed by atoms with Gasteiger partial charge < -0.3 is 9.88 Å². The Balaban J connectivity index is 2.21. The Labute approximate surface area is 126 Å². The average molecular weight is 294 g/mol. The number of rotatable bonds is 6. The summed E-state index contributed by atoms with van der Waals surface area (Å²) in [6.45, 7) is 9.76. The zero-order valence-electron chi connectivity index (χ0n) is 12.8. The molecule has 4 heteroatoms. The van der Waals surface area contributed by atoms with E-state index in [1.54, 1.807) is 0 Å². The first-order valence-electron chi connectivity index (χ1n) is 7.38. The number of imidazole rings is 1. The molecule has 20 heavy (non-hydrogen) atoms. The van der Waals surface area contributed by atoms with Gasteiger partial charge in [0.05, 0.1) is 11.0 Å². The molecule has 1 N–H and O–H groups in total. The van der Waals surface area contributed by atoms with Crippen LogP contribution in [-0.2, 0) is 6.42 Å². The van der Waals surface area contributed by atoms with Crippen molar-refractivity contribution >= 4 is 22.6 Å². The van der Waals surface area contributed by atoms with Crippen LogP contribution >= 0.6 is 11.6 Å². The Kier molecular flexibility index (Phi) is 5.06. The minimum atomic E-state index is 0.395. The molecule has 2 aromatic rings. The lowest BCUT2D eigenvalue weighted by Crippen LogP contribution is -2.24. The molecule has 2 rings (SSSR count). The Morgan fingerprint density at radius 3 is 2.65 bits per heavy atom. The van der Waals surface area contributed by atoms with Gasteiger partial charge in [-0.2, -0.15) is 0 Å². The normalized spacial score (nSPS) is 11.9. The van der Waals surface area contributed by atoms with Gasteiger partial charge in [-0.25, -0.2) is 4.98 Å². The van der Waals surface area contributed by atoms with Crippen molar-refractivity contribution in [3.8, 4) is 0 Å². The van der Waals surface area contributed by atoms with Crippen LogP contribution in [0.15, 0.2) is 18.2 Å². The van der Waals surface area contributed by atoms with E-state index in [2.05, 4.69) is 37.6 Å². The van der Waals surface area contributed by atoms with Crippen molar-refractivity contribution in [2.75, 3.05) is 6.54 Å². The van der Waals surface area contributed by atoms with Crippen molar-refractivity contribution in [2.45, 2.75) is 52.6 Å². The highest BCUT2D eigenvalue weighted by Crippen LogP contribution is 2.24. The molecule has 0 atom stereocenters. The SMILES string of the molecule is CC(C)NCCCc1nc2ccc(Cl)cc2n1C(C)C. The lowest BCUT2D eigenvalue weighted by atomic mass is 10.2. The van der Waals surface area contributed by atoms with Crippen molar-refractivity contribution in [3.63, 3.8) is 0 Å². The molecule has 0 unspecified atom stereocenters. The van der Waals surface area contributed by atoms with Crippen LogP contribution in [0.25, 0.3) is 11.0 Å². The van der Waals surface area contributed by atoms with Gasteiger partial charge in [0.25, 0.3) is 0 Å². The largest absolute Gasteiger partial charge is 0.325 e. The summed E-state index contributed by atoms with van der Waals surface area (Å²) in [6, 6.07) is 6.86. The van der Waals surface area contributed by atoms with Gasteiger partial charge in [0.2, 0.25) is 0 Å². The molecule has 0 radical (unpaired) electrons. The van der Waals surface area contributed by atoms with Crippen molar-refractivity contribution in [1.29, 1.82) is 0 Å². The number of nitrogens with zero attached hydrogens (tertiary/aromatic N) is 2. The van der Waals surface area contributed by atoms with Crippen molar-refractivity contribution in [1.82, 2.24) is 14.9 Å². The molecule has 0 saturated heterocycles. The fourth-order valence-electron chi connectivity index (χ4n) is 2.51. The molecule has 3 nitrogen and oxygen atoms in total. The van der Waals surface area contributed by atoms with E-state index in [1.165, 1.54) is 0 Å². The molecule has 0 spiro atoms. The Morgan fingerprint density at radius 2 is 2.00 bits per heavy atom. The Hall–Kier alpha value is -1.06. The van der Waals surface area contributed by atoms with Crippen LogP contribution in [0, 0.1) is 0 Å². The third-order valence-corrected chi connectivity index (χ3v) is 3.61. The fourth-order valence-corrected chi connectivity index (χ4v) is 2.67. The third kappa shape index (κ3) is 3.53. The van der Waals surface area contributed by atoms with E-state index >= 15 is 0 Å². The van der Waals surface area contributed by atoms with E-state index in [9.17, 15) is 0 Å². The number of aryl methyl sites for hydroxylation is 1. The maximum Gasteiger partial charge on any atom is 0.110 e. The summed E-state index contributed by atoms with van der Waals surface area (Å²) in [6.07, 6.45) is 2.09. The average Bonchev–Trinajstić information content (AvgIpc) is 2.71. The molecule has 0 fully saturated rings. The first-order valence-corrected chi connectivity index (χ1v) is 7.76. The van der Waals surface area contributed by atoms with Gasteiger partial charge in [0, 0.05) is 23.5 Å². The lowest BCUT2D eigenvalue weighted by molar-refractivity contribution is 0.541. The van der Waals surface area contributed by atoms with Crippen molar-refractivity contribution in [3.05, 3.63) is 29.0 Å². The van der Waals surface area contributed by atoms with E-state index in [1.807, 2.05) is 18.2 Å². The molecule has 0 aliphatic heterocycles. The number of nitrogens with one attached hydrogen (secondary N) is 1. The fraction of sp³-hybridized carbons (Fsp3) is 0.562. The molecule has 0 aliphatic rings. The molecular weight excluding hydrogens is 270 g/mol. The maximum absolute atomic E-state index is 6.12. The van der Waals surface area contributed by atoms with Gasteiger partial charge in [-0.1, -0.05) is 25.4 Å². The van der Waals surface area contributed by atoms with Crippen LogP contribution in [0.5, 0.6) is 0 Å². The zero-order chi connectivity index (χ0) is 14.7. The van der Waals surface area contributed by atoms with Crippen LogP contribution in [0.4, 0.5) is 0 Å². The van der Waals surface area contributed by atoms with Gasteiger partial charge in [-0.05, 0) is 45.0 Å². The van der Waals surface area contributed by atoms with Crippen LogP contribution in [-0.4, -0.2) is 22.1 Å². The van der Waals surface area contributed by atoms with Gasteiger partial charge in [0.15, 0.2) is 0 Å². The second-order valence-corrected chi connectivity index (χ2v) is 6.27. The van der Waals surface area contributed by atoms with Gasteiger partial charge in [0.1, 0.15) is 5.82 Å². The first-order chi connectivity index (χ1) is 9.49. The molecule has 1 heterocycles. The number of fused-ring (bicyclic) bond motifs is 1.